The molecule has 2 aromatic heterocycles. The highest BCUT2D eigenvalue weighted by Crippen LogP contribution is 2.09. The van der Waals surface area contributed by atoms with Crippen LogP contribution >= 0.6 is 24.2 Å². The van der Waals surface area contributed by atoms with Gasteiger partial charge in [0.25, 0.3) is 0 Å². The topological polar surface area (TPSA) is 144 Å². The number of fused-ring (bicyclic) bond motifs is 1. The molecule has 0 fully saturated rings. The van der Waals surface area contributed by atoms with Crippen molar-refractivity contribution in [2.45, 2.75) is 12.5 Å². The lowest BCUT2D eigenvalue weighted by Gasteiger charge is -2.02. The summed E-state index contributed by atoms with van der Waals surface area (Å²) < 4.78 is 0. The third-order valence-corrected chi connectivity index (χ3v) is 2.84. The molecule has 0 amide bonds. The van der Waals surface area contributed by atoms with Crippen LogP contribution in [0.2, 0.25) is 0 Å². The molecule has 0 bridgehead atoms. The number of hydrogen-bond donors (Lipinski definition) is 4. The van der Waals surface area contributed by atoms with E-state index in [1.165, 1.54) is 12.7 Å². The number of aromatic nitrogens is 4. The minimum absolute atomic E-state index is 0. The van der Waals surface area contributed by atoms with Crippen molar-refractivity contribution in [1.29, 1.82) is 0 Å². The van der Waals surface area contributed by atoms with E-state index in [1.54, 1.807) is 11.8 Å². The number of rotatable bonds is 4. The van der Waals surface area contributed by atoms with Crippen molar-refractivity contribution < 1.29 is 9.90 Å². The number of aliphatic carboxylic acids is 1. The lowest BCUT2D eigenvalue weighted by atomic mass is 10.2. The lowest BCUT2D eigenvalue weighted by molar-refractivity contribution is -0.138. The molecule has 0 unspecified atom stereocenters. The van der Waals surface area contributed by atoms with E-state index in [2.05, 4.69) is 19.9 Å². The second kappa shape index (κ2) is 9.34. The van der Waals surface area contributed by atoms with Gasteiger partial charge in [0, 0.05) is 0 Å². The number of nitrogens with zero attached hydrogens (tertiary/aromatic N) is 3. The zero-order chi connectivity index (χ0) is 14.3. The molecular weight excluding hydrogens is 304 g/mol. The van der Waals surface area contributed by atoms with Gasteiger partial charge in [0.1, 0.15) is 17.9 Å². The van der Waals surface area contributed by atoms with E-state index in [-0.39, 0.29) is 12.4 Å². The Morgan fingerprint density at radius 2 is 2.20 bits per heavy atom. The Labute approximate surface area is 126 Å². The SMILES string of the molecule is CSCC[C@H](N)C(=O)O.Cl.Nc1ncnc2[nH]cnc12. The summed E-state index contributed by atoms with van der Waals surface area (Å²) in [4.78, 5) is 24.5. The Hall–Kier alpha value is -1.58. The Bertz CT molecular complexity index is 537. The predicted octanol–water partition coefficient (Wildman–Crippen LogP) is 0.508. The first-order chi connectivity index (χ1) is 9.06. The average molecular weight is 321 g/mol. The van der Waals surface area contributed by atoms with Gasteiger partial charge in [-0.1, -0.05) is 0 Å². The van der Waals surface area contributed by atoms with Gasteiger partial charge in [-0.2, -0.15) is 11.8 Å². The molecule has 10 heteroatoms. The first-order valence-electron chi connectivity index (χ1n) is 5.43. The van der Waals surface area contributed by atoms with E-state index in [1.807, 2.05) is 6.26 Å². The van der Waals surface area contributed by atoms with E-state index >= 15 is 0 Å². The van der Waals surface area contributed by atoms with Gasteiger partial charge in [0.2, 0.25) is 0 Å². The van der Waals surface area contributed by atoms with Crippen molar-refractivity contribution in [2.75, 3.05) is 17.7 Å². The highest BCUT2D eigenvalue weighted by Gasteiger charge is 2.08. The van der Waals surface area contributed by atoms with Crippen molar-refractivity contribution in [3.8, 4) is 0 Å². The highest BCUT2D eigenvalue weighted by molar-refractivity contribution is 7.98. The minimum atomic E-state index is -0.913. The van der Waals surface area contributed by atoms with Crippen molar-refractivity contribution in [2.24, 2.45) is 5.73 Å². The van der Waals surface area contributed by atoms with Crippen molar-refractivity contribution in [3.63, 3.8) is 0 Å². The zero-order valence-electron chi connectivity index (χ0n) is 10.8. The van der Waals surface area contributed by atoms with Gasteiger partial charge in [-0.3, -0.25) is 4.79 Å². The summed E-state index contributed by atoms with van der Waals surface area (Å²) in [6, 6.07) is -0.683. The zero-order valence-corrected chi connectivity index (χ0v) is 12.4. The number of nitrogens with one attached hydrogen (secondary N) is 1. The largest absolute Gasteiger partial charge is 0.480 e. The second-order valence-corrected chi connectivity index (χ2v) is 4.57. The summed E-state index contributed by atoms with van der Waals surface area (Å²) in [6.45, 7) is 0. The third-order valence-electron chi connectivity index (χ3n) is 2.20. The van der Waals surface area contributed by atoms with E-state index in [9.17, 15) is 4.79 Å². The number of hydrogen-bond acceptors (Lipinski definition) is 7. The molecule has 112 valence electrons. The van der Waals surface area contributed by atoms with Crippen LogP contribution in [-0.2, 0) is 4.79 Å². The number of thioether (sulfide) groups is 1. The Balaban J connectivity index is 0.000000347. The van der Waals surface area contributed by atoms with Crippen molar-refractivity contribution >= 4 is 47.1 Å². The normalized spacial score (nSPS) is 11.1. The molecule has 0 aromatic carbocycles. The van der Waals surface area contributed by atoms with Crippen LogP contribution in [0, 0.1) is 0 Å². The van der Waals surface area contributed by atoms with Crippen LogP contribution in [0.4, 0.5) is 5.82 Å². The number of nitrogens with two attached hydrogens (primary N) is 2. The molecule has 6 N–H and O–H groups in total. The fourth-order valence-corrected chi connectivity index (χ4v) is 1.64. The summed E-state index contributed by atoms with van der Waals surface area (Å²) in [5, 5.41) is 8.27. The van der Waals surface area contributed by atoms with Crippen molar-refractivity contribution in [3.05, 3.63) is 12.7 Å². The number of imidazole rings is 1. The standard InChI is InChI=1S/C5H5N5.C5H11NO2S.ClH/c6-4-3-5(9-1-7-3)10-2-8-4;1-9-3-2-4(6)5(7)8;/h1-2H,(H3,6,7,8,9,10);4H,2-3,6H2,1H3,(H,7,8);1H/t;4-;/m.0./s1. The van der Waals surface area contributed by atoms with Gasteiger partial charge in [-0.25, -0.2) is 15.0 Å². The molecule has 2 aromatic rings. The van der Waals surface area contributed by atoms with Crippen LogP contribution < -0.4 is 11.5 Å². The molecule has 0 aliphatic carbocycles. The summed E-state index contributed by atoms with van der Waals surface area (Å²) in [7, 11) is 0. The molecule has 0 aliphatic heterocycles. The minimum Gasteiger partial charge on any atom is -0.480 e. The van der Waals surface area contributed by atoms with Crippen LogP contribution in [0.3, 0.4) is 0 Å². The number of carboxylic acid groups (broad SMARTS) is 1. The first-order valence-corrected chi connectivity index (χ1v) is 6.82. The fraction of sp³-hybridized carbons (Fsp3) is 0.400. The number of carbonyl (C=O) groups is 1. The summed E-state index contributed by atoms with van der Waals surface area (Å²) in [5.74, 6) is 0.309. The molecule has 0 aliphatic rings. The number of H-pyrrole nitrogens is 1. The van der Waals surface area contributed by atoms with Crippen LogP contribution in [0.15, 0.2) is 12.7 Å². The van der Waals surface area contributed by atoms with Crippen LogP contribution in [-0.4, -0.2) is 49.1 Å². The van der Waals surface area contributed by atoms with Gasteiger partial charge < -0.3 is 21.6 Å². The summed E-state index contributed by atoms with van der Waals surface area (Å²) >= 11 is 1.60. The molecule has 0 radical (unpaired) electrons. The van der Waals surface area contributed by atoms with E-state index < -0.39 is 12.0 Å². The highest BCUT2D eigenvalue weighted by atomic mass is 35.5. The smallest absolute Gasteiger partial charge is 0.320 e. The molecule has 1 atom stereocenters. The van der Waals surface area contributed by atoms with Gasteiger partial charge >= 0.3 is 5.97 Å². The molecule has 0 spiro atoms. The van der Waals surface area contributed by atoms with Crippen molar-refractivity contribution in [1.82, 2.24) is 19.9 Å². The first kappa shape index (κ1) is 18.4. The average Bonchev–Trinajstić information content (AvgIpc) is 2.86. The monoisotopic (exact) mass is 320 g/mol. The number of anilines is 1. The number of carboxylic acids is 1. The maximum absolute atomic E-state index is 10.1. The molecule has 20 heavy (non-hydrogen) atoms. The van der Waals surface area contributed by atoms with Gasteiger partial charge in [0.05, 0.1) is 6.33 Å². The number of nitrogen functional groups attached to an aromatic ring is 1. The van der Waals surface area contributed by atoms with Crippen LogP contribution in [0.1, 0.15) is 6.42 Å². The second-order valence-electron chi connectivity index (χ2n) is 3.58. The third kappa shape index (κ3) is 5.59. The molecule has 8 nitrogen and oxygen atoms in total. The van der Waals surface area contributed by atoms with E-state index in [0.29, 0.717) is 23.4 Å². The Morgan fingerprint density at radius 3 is 2.75 bits per heavy atom. The molecule has 2 rings (SSSR count). The molecule has 2 heterocycles. The Kier molecular flexibility index (Phi) is 8.61. The number of aromatic amines is 1. The van der Waals surface area contributed by atoms with E-state index in [4.69, 9.17) is 16.6 Å². The fourth-order valence-electron chi connectivity index (χ4n) is 1.15. The predicted molar refractivity (Wildman–Crippen MR) is 82.0 cm³/mol. The lowest BCUT2D eigenvalue weighted by Crippen LogP contribution is -2.30. The molecule has 0 saturated heterocycles. The quantitative estimate of drug-likeness (QED) is 0.637. The maximum Gasteiger partial charge on any atom is 0.320 e. The molecular formula is C10H17ClN6O2S. The van der Waals surface area contributed by atoms with Crippen LogP contribution in [0.25, 0.3) is 11.2 Å². The van der Waals surface area contributed by atoms with Gasteiger partial charge in [-0.15, -0.1) is 12.4 Å². The number of halogens is 1. The summed E-state index contributed by atoms with van der Waals surface area (Å²) in [6.07, 6.45) is 5.41. The van der Waals surface area contributed by atoms with E-state index in [0.717, 1.165) is 5.75 Å². The molecule has 0 saturated carbocycles. The summed E-state index contributed by atoms with van der Waals surface area (Å²) in [5.41, 5.74) is 12.0. The van der Waals surface area contributed by atoms with Gasteiger partial charge in [-0.05, 0) is 18.4 Å². The van der Waals surface area contributed by atoms with Crippen LogP contribution in [0.5, 0.6) is 0 Å². The Morgan fingerprint density at radius 1 is 1.50 bits per heavy atom. The van der Waals surface area contributed by atoms with Gasteiger partial charge in [0.15, 0.2) is 11.5 Å². The maximum atomic E-state index is 10.1.